The lowest BCUT2D eigenvalue weighted by Crippen LogP contribution is -2.30. The third kappa shape index (κ3) is 79.3. The smallest absolute Gasteiger partial charge is 0.462 e. The molecule has 0 saturated heterocycles. The number of unbranched alkanes of at least 4 members (excludes halogenated alkanes) is 31. The van der Waals surface area contributed by atoms with Gasteiger partial charge in [0.1, 0.15) is 19.3 Å². The first-order chi connectivity index (χ1) is 52.7. The van der Waals surface area contributed by atoms with Crippen molar-refractivity contribution in [3.63, 3.8) is 0 Å². The zero-order valence-corrected chi connectivity index (χ0v) is 69.8. The Kier molecular flexibility index (Phi) is 76.7. The fourth-order valence-electron chi connectivity index (χ4n) is 11.2. The third-order valence-corrected chi connectivity index (χ3v) is 19.5. The van der Waals surface area contributed by atoms with Crippen molar-refractivity contribution < 1.29 is 80.2 Å². The number of carbonyl (C=O) groups excluding carboxylic acids is 4. The summed E-state index contributed by atoms with van der Waals surface area (Å²) in [7, 11) is -9.99. The lowest BCUT2D eigenvalue weighted by atomic mass is 10.0. The summed E-state index contributed by atoms with van der Waals surface area (Å²) >= 11 is 0. The molecule has 0 amide bonds. The maximum Gasteiger partial charge on any atom is 0.472 e. The van der Waals surface area contributed by atoms with Crippen LogP contribution in [0.4, 0.5) is 0 Å². The minimum absolute atomic E-state index is 0.0353. The van der Waals surface area contributed by atoms with Crippen molar-refractivity contribution in [1.82, 2.24) is 0 Å². The minimum atomic E-state index is -5.00. The van der Waals surface area contributed by atoms with Crippen LogP contribution in [0, 0.1) is 0 Å². The maximum absolute atomic E-state index is 13.1. The number of carbonyl (C=O) groups is 4. The number of rotatable bonds is 79. The van der Waals surface area contributed by atoms with Crippen LogP contribution in [0.1, 0.15) is 349 Å². The Balaban J connectivity index is 5.45. The Morgan fingerprint density at radius 2 is 0.500 bits per heavy atom. The predicted molar refractivity (Wildman–Crippen MR) is 445 cm³/mol. The van der Waals surface area contributed by atoms with E-state index in [1.807, 2.05) is 12.2 Å². The molecule has 3 N–H and O–H groups in total. The number of aliphatic hydroxyl groups is 1. The SMILES string of the molecule is CC/C=C\C/C=C\C/C=C\C/C=C\C/C=C\CCCCCC(=O)OC[C@H](COP(=O)(O)OC[C@@H](O)COP(=O)(O)OC[C@@H](COC(=O)CC/C=C\C/C=C\C/C=C\C/C=C\C/C=C\CCCCC)OC(=O)CCCCCCCCC/C=C\CCCCCC)OC(=O)CCCCCCCCCCCCCCCCC. The van der Waals surface area contributed by atoms with Crippen molar-refractivity contribution in [2.75, 3.05) is 39.6 Å². The number of phosphoric ester groups is 2. The fraction of sp³-hybridized carbons (Fsp3) is 0.708. The lowest BCUT2D eigenvalue weighted by Gasteiger charge is -2.21. The van der Waals surface area contributed by atoms with Gasteiger partial charge in [-0.2, -0.15) is 0 Å². The Hall–Kier alpha value is -4.80. The van der Waals surface area contributed by atoms with Gasteiger partial charge in [-0.1, -0.05) is 322 Å². The Morgan fingerprint density at radius 3 is 0.843 bits per heavy atom. The summed E-state index contributed by atoms with van der Waals surface area (Å²) in [6, 6.07) is 0. The first-order valence-corrected chi connectivity index (χ1v) is 45.4. The van der Waals surface area contributed by atoms with Gasteiger partial charge in [-0.3, -0.25) is 37.3 Å². The van der Waals surface area contributed by atoms with Gasteiger partial charge in [0.15, 0.2) is 12.2 Å². The molecule has 108 heavy (non-hydrogen) atoms. The normalized spacial score (nSPS) is 14.5. The van der Waals surface area contributed by atoms with Gasteiger partial charge in [0.05, 0.1) is 26.4 Å². The monoisotopic (exact) mass is 1560 g/mol. The largest absolute Gasteiger partial charge is 0.472 e. The van der Waals surface area contributed by atoms with E-state index in [9.17, 15) is 43.2 Å². The molecule has 5 atom stereocenters. The van der Waals surface area contributed by atoms with Crippen molar-refractivity contribution in [2.45, 2.75) is 367 Å². The van der Waals surface area contributed by atoms with Gasteiger partial charge in [0.25, 0.3) is 0 Å². The van der Waals surface area contributed by atoms with E-state index in [0.717, 1.165) is 154 Å². The summed E-state index contributed by atoms with van der Waals surface area (Å²) in [5.41, 5.74) is 0. The summed E-state index contributed by atoms with van der Waals surface area (Å²) in [5.74, 6) is -2.30. The molecular formula is C89H152O17P2. The number of hydrogen-bond donors (Lipinski definition) is 3. The predicted octanol–water partition coefficient (Wildman–Crippen LogP) is 25.2. The Bertz CT molecular complexity index is 2560. The maximum atomic E-state index is 13.1. The van der Waals surface area contributed by atoms with E-state index in [0.29, 0.717) is 32.1 Å². The van der Waals surface area contributed by atoms with Crippen LogP contribution in [0.15, 0.2) is 134 Å². The quantitative estimate of drug-likeness (QED) is 0.0169. The number of phosphoric acid groups is 2. The van der Waals surface area contributed by atoms with Gasteiger partial charge in [0, 0.05) is 25.7 Å². The summed E-state index contributed by atoms with van der Waals surface area (Å²) in [6.45, 7) is 4.64. The summed E-state index contributed by atoms with van der Waals surface area (Å²) in [4.78, 5) is 73.2. The number of esters is 4. The van der Waals surface area contributed by atoms with Crippen LogP contribution in [-0.4, -0.2) is 96.7 Å². The highest BCUT2D eigenvalue weighted by Gasteiger charge is 2.30. The second kappa shape index (κ2) is 80.3. The Labute approximate surface area is 656 Å². The molecule has 0 heterocycles. The van der Waals surface area contributed by atoms with Crippen LogP contribution >= 0.6 is 15.6 Å². The molecule has 0 aliphatic carbocycles. The highest BCUT2D eigenvalue weighted by atomic mass is 31.2. The molecule has 17 nitrogen and oxygen atoms in total. The molecule has 0 aromatic carbocycles. The van der Waals surface area contributed by atoms with E-state index in [4.69, 9.17) is 37.0 Å². The van der Waals surface area contributed by atoms with E-state index in [2.05, 4.69) is 149 Å². The topological polar surface area (TPSA) is 237 Å². The average molecular weight is 1560 g/mol. The molecular weight excluding hydrogens is 1400 g/mol. The second-order valence-corrected chi connectivity index (χ2v) is 30.9. The number of aliphatic hydroxyl groups excluding tert-OH is 1. The minimum Gasteiger partial charge on any atom is -0.462 e. The summed E-state index contributed by atoms with van der Waals surface area (Å²) in [6.07, 6.45) is 91.4. The van der Waals surface area contributed by atoms with Crippen molar-refractivity contribution in [2.24, 2.45) is 0 Å². The van der Waals surface area contributed by atoms with Crippen LogP contribution < -0.4 is 0 Å². The van der Waals surface area contributed by atoms with Gasteiger partial charge >= 0.3 is 39.5 Å². The van der Waals surface area contributed by atoms with Crippen LogP contribution in [0.25, 0.3) is 0 Å². The first-order valence-electron chi connectivity index (χ1n) is 42.4. The molecule has 19 heteroatoms. The molecule has 0 fully saturated rings. The van der Waals surface area contributed by atoms with E-state index in [1.165, 1.54) is 109 Å². The van der Waals surface area contributed by atoms with Crippen LogP contribution in [0.5, 0.6) is 0 Å². The van der Waals surface area contributed by atoms with E-state index in [1.54, 1.807) is 0 Å². The van der Waals surface area contributed by atoms with Crippen molar-refractivity contribution in [3.8, 4) is 0 Å². The summed E-state index contributed by atoms with van der Waals surface area (Å²) < 4.78 is 68.7. The molecule has 2 unspecified atom stereocenters. The van der Waals surface area contributed by atoms with Crippen LogP contribution in [0.2, 0.25) is 0 Å². The van der Waals surface area contributed by atoms with Crippen molar-refractivity contribution in [3.05, 3.63) is 134 Å². The van der Waals surface area contributed by atoms with Gasteiger partial charge in [-0.25, -0.2) is 9.13 Å². The molecule has 0 saturated carbocycles. The molecule has 620 valence electrons. The molecule has 0 aliphatic rings. The zero-order valence-electron chi connectivity index (χ0n) is 68.0. The van der Waals surface area contributed by atoms with Crippen LogP contribution in [0.3, 0.4) is 0 Å². The van der Waals surface area contributed by atoms with Crippen molar-refractivity contribution in [1.29, 1.82) is 0 Å². The summed E-state index contributed by atoms with van der Waals surface area (Å²) in [5, 5.41) is 10.7. The number of hydrogen-bond acceptors (Lipinski definition) is 15. The highest BCUT2D eigenvalue weighted by molar-refractivity contribution is 7.47. The second-order valence-electron chi connectivity index (χ2n) is 28.0. The Morgan fingerprint density at radius 1 is 0.269 bits per heavy atom. The standard InChI is InChI=1S/C89H152O17P2/c1-5-9-13-17-21-25-29-33-37-39-41-43-47-49-53-57-61-65-69-73-86(91)99-79-84(105-88(93)75-71-67-63-59-55-51-45-35-31-27-23-19-15-11-7-3)81-103-107(95,96)101-77-83(90)78-102-108(97,98)104-82-85(106-89(94)76-72-68-64-60-56-52-46-36-32-28-24-20-16-12-8-4)80-100-87(92)74-70-66-62-58-54-50-48-44-42-40-38-34-30-26-22-18-14-10-6-2/h9,13,21-22,25-26,28,32-34,37-38,41-44,49-50,53-54,62,66,83-85,90H,5-8,10-12,14-20,23-24,27,29-31,35-36,39-40,45-48,51-52,55-61,63-65,67-82H2,1-4H3,(H,95,96)(H,97,98)/b13-9-,25-21-,26-22-,32-28-,37-33-,38-34-,43-41-,44-42-,53-49-,54-50-,66-62-/t83-,84-,85-/m1/s1. The zero-order chi connectivity index (χ0) is 78.9. The molecule has 0 aromatic heterocycles. The van der Waals surface area contributed by atoms with Crippen molar-refractivity contribution >= 4 is 39.5 Å². The molecule has 0 rings (SSSR count). The van der Waals surface area contributed by atoms with Gasteiger partial charge in [-0.15, -0.1) is 0 Å². The van der Waals surface area contributed by atoms with Gasteiger partial charge < -0.3 is 33.8 Å². The highest BCUT2D eigenvalue weighted by Crippen LogP contribution is 2.45. The molecule has 0 aliphatic heterocycles. The molecule has 0 radical (unpaired) electrons. The number of allylic oxidation sites excluding steroid dienone is 22. The van der Waals surface area contributed by atoms with Gasteiger partial charge in [0.2, 0.25) is 0 Å². The third-order valence-electron chi connectivity index (χ3n) is 17.6. The number of ether oxygens (including phenoxy) is 4. The molecule has 0 bridgehead atoms. The van der Waals surface area contributed by atoms with E-state index >= 15 is 0 Å². The van der Waals surface area contributed by atoms with E-state index < -0.39 is 97.5 Å². The first kappa shape index (κ1) is 103. The van der Waals surface area contributed by atoms with E-state index in [-0.39, 0.29) is 25.7 Å². The molecule has 0 aromatic rings. The average Bonchev–Trinajstić information content (AvgIpc) is 0.923. The molecule has 0 spiro atoms. The van der Waals surface area contributed by atoms with Gasteiger partial charge in [-0.05, 0) is 135 Å². The van der Waals surface area contributed by atoms with Crippen LogP contribution in [-0.2, 0) is 65.4 Å². The fourth-order valence-corrected chi connectivity index (χ4v) is 12.7. The lowest BCUT2D eigenvalue weighted by molar-refractivity contribution is -0.161.